The van der Waals surface area contributed by atoms with Crippen molar-refractivity contribution in [2.75, 3.05) is 18.0 Å². The number of benzene rings is 3. The van der Waals surface area contributed by atoms with Crippen LogP contribution in [0.15, 0.2) is 47.4 Å². The molecule has 0 aromatic heterocycles. The topological polar surface area (TPSA) is 81.1 Å². The molecule has 230 valence electrons. The maximum absolute atomic E-state index is 14.4. The number of aromatic carboxylic acids is 1. The predicted molar refractivity (Wildman–Crippen MR) is 152 cm³/mol. The van der Waals surface area contributed by atoms with Gasteiger partial charge in [-0.2, -0.15) is 0 Å². The Labute approximate surface area is 250 Å². The van der Waals surface area contributed by atoms with Crippen molar-refractivity contribution in [3.63, 3.8) is 0 Å². The lowest BCUT2D eigenvalue weighted by molar-refractivity contribution is -0.118. The van der Waals surface area contributed by atoms with E-state index >= 15 is 0 Å². The number of hydrogen-bond donors (Lipinski definition) is 2. The van der Waals surface area contributed by atoms with Crippen LogP contribution in [0.4, 0.5) is 27.6 Å². The smallest absolute Gasteiger partial charge is 0.339 e. The van der Waals surface area contributed by atoms with Gasteiger partial charge in [-0.05, 0) is 60.4 Å². The zero-order valence-corrected chi connectivity index (χ0v) is 24.2. The fourth-order valence-corrected chi connectivity index (χ4v) is 6.19. The maximum atomic E-state index is 14.4. The number of carboxylic acid groups (broad SMARTS) is 1. The molecule has 3 aromatic carbocycles. The van der Waals surface area contributed by atoms with Crippen LogP contribution in [0.25, 0.3) is 0 Å². The van der Waals surface area contributed by atoms with Gasteiger partial charge >= 0.3 is 5.97 Å². The number of carboxylic acids is 1. The first-order valence-electron chi connectivity index (χ1n) is 13.9. The van der Waals surface area contributed by atoms with Crippen LogP contribution in [0.3, 0.4) is 0 Å². The van der Waals surface area contributed by atoms with Gasteiger partial charge in [0.15, 0.2) is 23.3 Å². The molecular weight excluding hydrogens is 591 g/mol. The molecule has 3 aromatic rings. The van der Waals surface area contributed by atoms with Crippen LogP contribution in [-0.4, -0.2) is 39.5 Å². The summed E-state index contributed by atoms with van der Waals surface area (Å²) in [6.45, 7) is 1.27. The number of carbonyl (C=O) groups is 2. The second-order valence-electron chi connectivity index (χ2n) is 10.4. The molecule has 1 saturated carbocycles. The van der Waals surface area contributed by atoms with Crippen molar-refractivity contribution in [3.05, 3.63) is 88.2 Å². The van der Waals surface area contributed by atoms with E-state index in [1.54, 1.807) is 6.92 Å². The van der Waals surface area contributed by atoms with E-state index in [0.717, 1.165) is 30.5 Å². The molecule has 0 saturated heterocycles. The average Bonchev–Trinajstić information content (AvgIpc) is 3.00. The highest BCUT2D eigenvalue weighted by Gasteiger charge is 2.29. The molecule has 6 nitrogen and oxygen atoms in total. The van der Waals surface area contributed by atoms with Crippen molar-refractivity contribution in [2.24, 2.45) is 0 Å². The lowest BCUT2D eigenvalue weighted by Crippen LogP contribution is -2.38. The molecule has 12 heteroatoms. The van der Waals surface area contributed by atoms with E-state index in [4.69, 9.17) is 0 Å². The number of aromatic hydroxyl groups is 1. The Balaban J connectivity index is 1.63. The lowest BCUT2D eigenvalue weighted by Gasteiger charge is -2.28. The highest BCUT2D eigenvalue weighted by Crippen LogP contribution is 2.35. The zero-order chi connectivity index (χ0) is 31.3. The molecular formula is C31H31F5N2O4S. The molecule has 1 aliphatic rings. The Kier molecular flexibility index (Phi) is 10.7. The molecule has 1 aliphatic carbocycles. The van der Waals surface area contributed by atoms with Crippen molar-refractivity contribution >= 4 is 29.5 Å². The van der Waals surface area contributed by atoms with Crippen molar-refractivity contribution in [2.45, 2.75) is 62.8 Å². The minimum atomic E-state index is -2.28. The number of nitrogens with zero attached hydrogens (tertiary/aromatic N) is 2. The summed E-state index contributed by atoms with van der Waals surface area (Å²) in [6, 6.07) is 11.4. The van der Waals surface area contributed by atoms with Crippen LogP contribution in [0.5, 0.6) is 5.75 Å². The summed E-state index contributed by atoms with van der Waals surface area (Å²) in [4.78, 5) is 25.3. The first-order chi connectivity index (χ1) is 20.5. The van der Waals surface area contributed by atoms with Gasteiger partial charge in [-0.15, -0.1) is 0 Å². The average molecular weight is 623 g/mol. The number of rotatable bonds is 11. The van der Waals surface area contributed by atoms with Gasteiger partial charge in [0, 0.05) is 18.3 Å². The molecule has 0 atom stereocenters. The van der Waals surface area contributed by atoms with E-state index in [9.17, 15) is 41.8 Å². The van der Waals surface area contributed by atoms with E-state index in [0.29, 0.717) is 12.3 Å². The Morgan fingerprint density at radius 3 is 2.05 bits per heavy atom. The number of carbonyl (C=O) groups excluding carboxylic acids is 1. The van der Waals surface area contributed by atoms with Gasteiger partial charge in [0.2, 0.25) is 11.7 Å². The van der Waals surface area contributed by atoms with Crippen molar-refractivity contribution in [1.29, 1.82) is 0 Å². The summed E-state index contributed by atoms with van der Waals surface area (Å²) >= 11 is 0.240. The van der Waals surface area contributed by atoms with Crippen LogP contribution in [0.2, 0.25) is 0 Å². The Morgan fingerprint density at radius 1 is 0.884 bits per heavy atom. The third-order valence-electron chi connectivity index (χ3n) is 7.40. The first kappa shape index (κ1) is 32.3. The van der Waals surface area contributed by atoms with Gasteiger partial charge in [-0.3, -0.25) is 4.79 Å². The molecule has 0 radical (unpaired) electrons. The van der Waals surface area contributed by atoms with Gasteiger partial charge < -0.3 is 15.1 Å². The molecule has 43 heavy (non-hydrogen) atoms. The van der Waals surface area contributed by atoms with Crippen LogP contribution in [0.1, 0.15) is 72.9 Å². The third-order valence-corrected chi connectivity index (χ3v) is 8.51. The molecule has 0 unspecified atom stereocenters. The van der Waals surface area contributed by atoms with Crippen LogP contribution in [-0.2, 0) is 11.3 Å². The third kappa shape index (κ3) is 7.48. The van der Waals surface area contributed by atoms with Crippen molar-refractivity contribution < 1.29 is 41.8 Å². The summed E-state index contributed by atoms with van der Waals surface area (Å²) in [6.07, 6.45) is 6.15. The van der Waals surface area contributed by atoms with Crippen LogP contribution >= 0.6 is 11.9 Å². The fourth-order valence-electron chi connectivity index (χ4n) is 5.14. The molecule has 1 amide bonds. The summed E-state index contributed by atoms with van der Waals surface area (Å²) in [5.74, 6) is -12.6. The van der Waals surface area contributed by atoms with Crippen molar-refractivity contribution in [3.8, 4) is 5.75 Å². The Bertz CT molecular complexity index is 1450. The molecule has 0 spiro atoms. The Morgan fingerprint density at radius 2 is 1.49 bits per heavy atom. The van der Waals surface area contributed by atoms with E-state index in [2.05, 4.69) is 0 Å². The van der Waals surface area contributed by atoms with Gasteiger partial charge in [0.05, 0.1) is 13.1 Å². The number of phenols is 1. The number of anilines is 1. The summed E-state index contributed by atoms with van der Waals surface area (Å²) in [5, 5.41) is 19.6. The molecule has 1 fully saturated rings. The fraction of sp³-hybridized carbons (Fsp3) is 0.355. The second kappa shape index (κ2) is 14.2. The number of amides is 1. The number of halogens is 5. The summed E-state index contributed by atoms with van der Waals surface area (Å²) in [5.41, 5.74) is 1.70. The molecule has 0 aliphatic heterocycles. The lowest BCUT2D eigenvalue weighted by atomic mass is 9.84. The van der Waals surface area contributed by atoms with Gasteiger partial charge in [-0.25, -0.2) is 31.1 Å². The zero-order valence-electron chi connectivity index (χ0n) is 23.4. The predicted octanol–water partition coefficient (Wildman–Crippen LogP) is 7.79. The van der Waals surface area contributed by atoms with Crippen LogP contribution in [0, 0.1) is 29.1 Å². The molecule has 0 bridgehead atoms. The van der Waals surface area contributed by atoms with Crippen LogP contribution < -0.4 is 4.90 Å². The molecule has 2 N–H and O–H groups in total. The minimum Gasteiger partial charge on any atom is -0.507 e. The second-order valence-corrected chi connectivity index (χ2v) is 11.5. The molecule has 4 rings (SSSR count). The van der Waals surface area contributed by atoms with Gasteiger partial charge in [0.25, 0.3) is 0 Å². The first-order valence-corrected chi connectivity index (χ1v) is 14.7. The van der Waals surface area contributed by atoms with Crippen molar-refractivity contribution in [1.82, 2.24) is 4.31 Å². The quantitative estimate of drug-likeness (QED) is 0.0984. The number of hydrogen-bond acceptors (Lipinski definition) is 5. The monoisotopic (exact) mass is 622 g/mol. The van der Waals surface area contributed by atoms with E-state index in [1.165, 1.54) is 40.1 Å². The Hall–Kier alpha value is -3.64. The SMILES string of the molecule is CCCN(CC(=O)N(Cc1ccc(C2CCCCC2)cc1)c1ccc(C(=O)O)c(O)c1)Sc1c(F)c(F)c(F)c(F)c1F. The van der Waals surface area contributed by atoms with Gasteiger partial charge in [0.1, 0.15) is 16.2 Å². The largest absolute Gasteiger partial charge is 0.507 e. The summed E-state index contributed by atoms with van der Waals surface area (Å²) < 4.78 is 71.3. The van der Waals surface area contributed by atoms with Gasteiger partial charge in [-0.1, -0.05) is 50.5 Å². The normalized spacial score (nSPS) is 13.8. The highest BCUT2D eigenvalue weighted by atomic mass is 32.2. The standard InChI is InChI=1S/C31H31F5N2O4S/c1-2-14-37(43-30-28(35)26(33)25(32)27(34)29(30)36)17-24(40)38(21-12-13-22(31(41)42)23(39)15-21)16-18-8-10-20(11-9-18)19-6-4-3-5-7-19/h8-13,15,19,39H,2-7,14,16-17H2,1H3,(H,41,42). The maximum Gasteiger partial charge on any atom is 0.339 e. The highest BCUT2D eigenvalue weighted by molar-refractivity contribution is 7.97. The van der Waals surface area contributed by atoms with E-state index < -0.39 is 58.2 Å². The van der Waals surface area contributed by atoms with E-state index in [1.807, 2.05) is 24.3 Å². The summed E-state index contributed by atoms with van der Waals surface area (Å²) in [7, 11) is 0. The van der Waals surface area contributed by atoms with E-state index in [-0.39, 0.29) is 36.3 Å². The minimum absolute atomic E-state index is 0.00277. The molecule has 0 heterocycles.